The van der Waals surface area contributed by atoms with Gasteiger partial charge >= 0.3 is 0 Å². The van der Waals surface area contributed by atoms with Crippen LogP contribution < -0.4 is 5.32 Å². The molecule has 2 nitrogen and oxygen atoms in total. The molecule has 86 valence electrons. The third kappa shape index (κ3) is 3.04. The third-order valence-electron chi connectivity index (χ3n) is 2.81. The largest absolute Gasteiger partial charge is 0.310 e. The number of halogens is 1. The van der Waals surface area contributed by atoms with Crippen LogP contribution in [0, 0.1) is 23.1 Å². The van der Waals surface area contributed by atoms with E-state index in [4.69, 9.17) is 5.26 Å². The van der Waals surface area contributed by atoms with Gasteiger partial charge in [0, 0.05) is 18.2 Å². The lowest BCUT2D eigenvalue weighted by atomic mass is 10.1. The van der Waals surface area contributed by atoms with Crippen molar-refractivity contribution in [3.8, 4) is 6.07 Å². The summed E-state index contributed by atoms with van der Waals surface area (Å²) in [7, 11) is 0. The van der Waals surface area contributed by atoms with Crippen LogP contribution in [0.1, 0.15) is 31.9 Å². The van der Waals surface area contributed by atoms with Gasteiger partial charge in [-0.2, -0.15) is 5.26 Å². The standard InChI is InChI=1S/C13H17FN2/c1-9(2)10(3)16-8-12-6-4-5-11(7-15)13(12)14/h4-6,9-10,16H,8H2,1-3H3. The van der Waals surface area contributed by atoms with Crippen LogP contribution in [0.2, 0.25) is 0 Å². The van der Waals surface area contributed by atoms with Gasteiger partial charge < -0.3 is 5.32 Å². The maximum absolute atomic E-state index is 13.7. The number of rotatable bonds is 4. The zero-order valence-corrected chi connectivity index (χ0v) is 9.92. The van der Waals surface area contributed by atoms with Crippen molar-refractivity contribution in [1.29, 1.82) is 5.26 Å². The second kappa shape index (κ2) is 5.62. The minimum atomic E-state index is -0.409. The Bertz CT molecular complexity index is 393. The minimum absolute atomic E-state index is 0.108. The predicted octanol–water partition coefficient (Wildman–Crippen LogP) is 2.83. The first-order chi connectivity index (χ1) is 7.56. The van der Waals surface area contributed by atoms with Crippen LogP contribution in [0.4, 0.5) is 4.39 Å². The van der Waals surface area contributed by atoms with Gasteiger partial charge in [0.05, 0.1) is 5.56 Å². The van der Waals surface area contributed by atoms with Crippen LogP contribution in [0.3, 0.4) is 0 Å². The Balaban J connectivity index is 2.72. The van der Waals surface area contributed by atoms with Gasteiger partial charge in [0.1, 0.15) is 11.9 Å². The Morgan fingerprint density at radius 2 is 2.06 bits per heavy atom. The molecule has 1 atom stereocenters. The fourth-order valence-corrected chi connectivity index (χ4v) is 1.31. The summed E-state index contributed by atoms with van der Waals surface area (Å²) in [6.45, 7) is 6.75. The second-order valence-electron chi connectivity index (χ2n) is 4.30. The summed E-state index contributed by atoms with van der Waals surface area (Å²) in [5.74, 6) is 0.0932. The molecule has 0 aliphatic carbocycles. The second-order valence-corrected chi connectivity index (χ2v) is 4.30. The molecule has 0 aliphatic heterocycles. The Labute approximate surface area is 96.1 Å². The Morgan fingerprint density at radius 1 is 1.38 bits per heavy atom. The molecule has 16 heavy (non-hydrogen) atoms. The van der Waals surface area contributed by atoms with Gasteiger partial charge in [0.2, 0.25) is 0 Å². The fourth-order valence-electron chi connectivity index (χ4n) is 1.31. The molecule has 0 amide bonds. The van der Waals surface area contributed by atoms with Gasteiger partial charge in [0.15, 0.2) is 0 Å². The SMILES string of the molecule is CC(C)C(C)NCc1cccc(C#N)c1F. The summed E-state index contributed by atoms with van der Waals surface area (Å²) in [4.78, 5) is 0. The molecule has 1 aromatic rings. The zero-order chi connectivity index (χ0) is 12.1. The first-order valence-corrected chi connectivity index (χ1v) is 5.47. The van der Waals surface area contributed by atoms with E-state index in [0.29, 0.717) is 24.1 Å². The minimum Gasteiger partial charge on any atom is -0.310 e. The van der Waals surface area contributed by atoms with Crippen LogP contribution in [0.15, 0.2) is 18.2 Å². The molecule has 0 fully saturated rings. The molecule has 0 aliphatic rings. The maximum Gasteiger partial charge on any atom is 0.145 e. The number of hydrogen-bond donors (Lipinski definition) is 1. The molecule has 0 bridgehead atoms. The molecule has 0 heterocycles. The van der Waals surface area contributed by atoms with E-state index in [9.17, 15) is 4.39 Å². The number of nitrogens with zero attached hydrogens (tertiary/aromatic N) is 1. The number of hydrogen-bond acceptors (Lipinski definition) is 2. The van der Waals surface area contributed by atoms with Crippen molar-refractivity contribution in [2.75, 3.05) is 0 Å². The van der Waals surface area contributed by atoms with Crippen molar-refractivity contribution in [3.63, 3.8) is 0 Å². The highest BCUT2D eigenvalue weighted by atomic mass is 19.1. The molecule has 1 rings (SSSR count). The highest BCUT2D eigenvalue weighted by Crippen LogP contribution is 2.12. The first-order valence-electron chi connectivity index (χ1n) is 5.47. The molecule has 0 saturated heterocycles. The smallest absolute Gasteiger partial charge is 0.145 e. The third-order valence-corrected chi connectivity index (χ3v) is 2.81. The first kappa shape index (κ1) is 12.7. The maximum atomic E-state index is 13.7. The molecular weight excluding hydrogens is 203 g/mol. The predicted molar refractivity (Wildman–Crippen MR) is 62.3 cm³/mol. The average molecular weight is 220 g/mol. The van der Waals surface area contributed by atoms with Crippen molar-refractivity contribution in [2.45, 2.75) is 33.4 Å². The number of nitrogens with one attached hydrogen (secondary N) is 1. The van der Waals surface area contributed by atoms with Crippen LogP contribution in [0.25, 0.3) is 0 Å². The van der Waals surface area contributed by atoms with E-state index in [2.05, 4.69) is 26.1 Å². The van der Waals surface area contributed by atoms with Crippen molar-refractivity contribution in [3.05, 3.63) is 35.1 Å². The van der Waals surface area contributed by atoms with E-state index in [1.54, 1.807) is 12.1 Å². The van der Waals surface area contributed by atoms with E-state index in [-0.39, 0.29) is 5.56 Å². The lowest BCUT2D eigenvalue weighted by Gasteiger charge is -2.17. The molecule has 1 unspecified atom stereocenters. The van der Waals surface area contributed by atoms with Crippen molar-refractivity contribution >= 4 is 0 Å². The molecular formula is C13H17FN2. The van der Waals surface area contributed by atoms with Gasteiger partial charge in [-0.25, -0.2) is 4.39 Å². The summed E-state index contributed by atoms with van der Waals surface area (Å²) in [5, 5.41) is 11.9. The summed E-state index contributed by atoms with van der Waals surface area (Å²) < 4.78 is 13.7. The quantitative estimate of drug-likeness (QED) is 0.847. The monoisotopic (exact) mass is 220 g/mol. The van der Waals surface area contributed by atoms with E-state index in [1.165, 1.54) is 6.07 Å². The van der Waals surface area contributed by atoms with E-state index in [1.807, 2.05) is 6.07 Å². The van der Waals surface area contributed by atoms with Crippen molar-refractivity contribution in [1.82, 2.24) is 5.32 Å². The Morgan fingerprint density at radius 3 is 2.62 bits per heavy atom. The normalized spacial score (nSPS) is 12.5. The molecule has 3 heteroatoms. The lowest BCUT2D eigenvalue weighted by Crippen LogP contribution is -2.30. The highest BCUT2D eigenvalue weighted by Gasteiger charge is 2.10. The molecule has 0 radical (unpaired) electrons. The van der Waals surface area contributed by atoms with E-state index < -0.39 is 5.82 Å². The van der Waals surface area contributed by atoms with Crippen LogP contribution in [-0.4, -0.2) is 6.04 Å². The summed E-state index contributed by atoms with van der Waals surface area (Å²) >= 11 is 0. The van der Waals surface area contributed by atoms with Crippen LogP contribution in [0.5, 0.6) is 0 Å². The zero-order valence-electron chi connectivity index (χ0n) is 9.92. The van der Waals surface area contributed by atoms with Gasteiger partial charge in [-0.15, -0.1) is 0 Å². The van der Waals surface area contributed by atoms with E-state index in [0.717, 1.165) is 0 Å². The van der Waals surface area contributed by atoms with E-state index >= 15 is 0 Å². The Kier molecular flexibility index (Phi) is 4.45. The van der Waals surface area contributed by atoms with Gasteiger partial charge in [-0.05, 0) is 18.9 Å². The number of nitriles is 1. The van der Waals surface area contributed by atoms with Crippen LogP contribution >= 0.6 is 0 Å². The summed E-state index contributed by atoms with van der Waals surface area (Å²) in [5.41, 5.74) is 0.656. The molecule has 0 saturated carbocycles. The molecule has 1 aromatic carbocycles. The highest BCUT2D eigenvalue weighted by molar-refractivity contribution is 5.34. The van der Waals surface area contributed by atoms with Gasteiger partial charge in [0.25, 0.3) is 0 Å². The molecule has 1 N–H and O–H groups in total. The lowest BCUT2D eigenvalue weighted by molar-refractivity contribution is 0.421. The topological polar surface area (TPSA) is 35.8 Å². The fraction of sp³-hybridized carbons (Fsp3) is 0.462. The average Bonchev–Trinajstić information content (AvgIpc) is 2.27. The number of benzene rings is 1. The van der Waals surface area contributed by atoms with Gasteiger partial charge in [-0.3, -0.25) is 0 Å². The molecule has 0 spiro atoms. The van der Waals surface area contributed by atoms with Crippen molar-refractivity contribution in [2.24, 2.45) is 5.92 Å². The van der Waals surface area contributed by atoms with Gasteiger partial charge in [-0.1, -0.05) is 26.0 Å². The van der Waals surface area contributed by atoms with Crippen molar-refractivity contribution < 1.29 is 4.39 Å². The van der Waals surface area contributed by atoms with Crippen LogP contribution in [-0.2, 0) is 6.54 Å². The Hall–Kier alpha value is -1.40. The summed E-state index contributed by atoms with van der Waals surface area (Å²) in [6, 6.07) is 7.07. The summed E-state index contributed by atoms with van der Waals surface area (Å²) in [6.07, 6.45) is 0. The molecule has 0 aromatic heterocycles.